The summed E-state index contributed by atoms with van der Waals surface area (Å²) in [4.78, 5) is 10.7. The van der Waals surface area contributed by atoms with E-state index in [0.717, 1.165) is 19.1 Å². The van der Waals surface area contributed by atoms with Crippen LogP contribution < -0.4 is 4.74 Å². The summed E-state index contributed by atoms with van der Waals surface area (Å²) in [6.45, 7) is 2.16. The molecule has 0 saturated heterocycles. The monoisotopic (exact) mass is 192 g/mol. The van der Waals surface area contributed by atoms with Crippen molar-refractivity contribution in [2.75, 3.05) is 7.11 Å². The van der Waals surface area contributed by atoms with Gasteiger partial charge in [0.1, 0.15) is 5.75 Å². The average Bonchev–Trinajstić information content (AvgIpc) is 2.25. The molecule has 1 aromatic rings. The van der Waals surface area contributed by atoms with Crippen molar-refractivity contribution in [2.45, 2.75) is 26.2 Å². The number of carbonyl (C=O) groups excluding carboxylic acids is 1. The molecular formula is C12H16O2. The van der Waals surface area contributed by atoms with E-state index in [1.807, 2.05) is 18.2 Å². The summed E-state index contributed by atoms with van der Waals surface area (Å²) in [5.41, 5.74) is 1.84. The van der Waals surface area contributed by atoms with Gasteiger partial charge in [0.15, 0.2) is 6.29 Å². The van der Waals surface area contributed by atoms with Crippen LogP contribution in [0.25, 0.3) is 0 Å². The maximum Gasteiger partial charge on any atom is 0.153 e. The van der Waals surface area contributed by atoms with Crippen LogP contribution in [-0.2, 0) is 6.42 Å². The Kier molecular flexibility index (Phi) is 4.17. The molecule has 2 heteroatoms. The third-order valence-corrected chi connectivity index (χ3v) is 2.24. The molecule has 0 aromatic heterocycles. The summed E-state index contributed by atoms with van der Waals surface area (Å²) in [7, 11) is 1.58. The molecular weight excluding hydrogens is 176 g/mol. The maximum atomic E-state index is 10.7. The molecule has 0 N–H and O–H groups in total. The topological polar surface area (TPSA) is 26.3 Å². The fourth-order valence-corrected chi connectivity index (χ4v) is 1.41. The Labute approximate surface area is 84.9 Å². The van der Waals surface area contributed by atoms with E-state index in [1.54, 1.807) is 7.11 Å². The van der Waals surface area contributed by atoms with E-state index in [-0.39, 0.29) is 0 Å². The van der Waals surface area contributed by atoms with Gasteiger partial charge >= 0.3 is 0 Å². The van der Waals surface area contributed by atoms with Gasteiger partial charge in [-0.05, 0) is 30.5 Å². The Bertz CT molecular complexity index is 305. The Balaban J connectivity index is 2.84. The van der Waals surface area contributed by atoms with Crippen LogP contribution in [0.1, 0.15) is 35.7 Å². The number of rotatable bonds is 5. The minimum atomic E-state index is 0.640. The number of aldehydes is 1. The number of hydrogen-bond acceptors (Lipinski definition) is 2. The highest BCUT2D eigenvalue weighted by Gasteiger charge is 2.02. The molecule has 76 valence electrons. The maximum absolute atomic E-state index is 10.7. The van der Waals surface area contributed by atoms with Crippen LogP contribution in [0.2, 0.25) is 0 Å². The highest BCUT2D eigenvalue weighted by Crippen LogP contribution is 2.18. The van der Waals surface area contributed by atoms with Gasteiger partial charge in [-0.1, -0.05) is 19.4 Å². The molecule has 0 bridgehead atoms. The standard InChI is InChI=1S/C12H16O2/c1-3-4-5-10-6-7-12(14-2)11(8-10)9-13/h6-9H,3-5H2,1-2H3. The fraction of sp³-hybridized carbons (Fsp3) is 0.417. The van der Waals surface area contributed by atoms with E-state index < -0.39 is 0 Å². The van der Waals surface area contributed by atoms with Gasteiger partial charge in [0.25, 0.3) is 0 Å². The van der Waals surface area contributed by atoms with Crippen molar-refractivity contribution >= 4 is 6.29 Å². The zero-order chi connectivity index (χ0) is 10.4. The number of hydrogen-bond donors (Lipinski definition) is 0. The first-order valence-electron chi connectivity index (χ1n) is 4.94. The van der Waals surface area contributed by atoms with Crippen LogP contribution in [0, 0.1) is 0 Å². The first-order chi connectivity index (χ1) is 6.81. The molecule has 0 heterocycles. The van der Waals surface area contributed by atoms with Crippen LogP contribution in [-0.4, -0.2) is 13.4 Å². The zero-order valence-electron chi connectivity index (χ0n) is 8.75. The van der Waals surface area contributed by atoms with Crippen molar-refractivity contribution < 1.29 is 9.53 Å². The average molecular weight is 192 g/mol. The van der Waals surface area contributed by atoms with Crippen molar-refractivity contribution in [1.82, 2.24) is 0 Å². The van der Waals surface area contributed by atoms with E-state index >= 15 is 0 Å². The summed E-state index contributed by atoms with van der Waals surface area (Å²) < 4.78 is 5.06. The van der Waals surface area contributed by atoms with E-state index in [4.69, 9.17) is 4.74 Å². The highest BCUT2D eigenvalue weighted by atomic mass is 16.5. The molecule has 0 aliphatic heterocycles. The molecule has 1 rings (SSSR count). The van der Waals surface area contributed by atoms with Crippen molar-refractivity contribution in [2.24, 2.45) is 0 Å². The molecule has 0 fully saturated rings. The lowest BCUT2D eigenvalue weighted by molar-refractivity contribution is 0.112. The first kappa shape index (κ1) is 10.8. The number of ether oxygens (including phenoxy) is 1. The molecule has 0 saturated carbocycles. The quantitative estimate of drug-likeness (QED) is 0.670. The molecule has 0 spiro atoms. The molecule has 0 amide bonds. The van der Waals surface area contributed by atoms with Crippen LogP contribution >= 0.6 is 0 Å². The molecule has 0 atom stereocenters. The first-order valence-corrected chi connectivity index (χ1v) is 4.94. The van der Waals surface area contributed by atoms with Crippen LogP contribution in [0.4, 0.5) is 0 Å². The third-order valence-electron chi connectivity index (χ3n) is 2.24. The molecule has 0 unspecified atom stereocenters. The lowest BCUT2D eigenvalue weighted by Crippen LogP contribution is -1.93. The number of benzene rings is 1. The minimum absolute atomic E-state index is 0.640. The lowest BCUT2D eigenvalue weighted by atomic mass is 10.1. The Hall–Kier alpha value is -1.31. The smallest absolute Gasteiger partial charge is 0.153 e. The highest BCUT2D eigenvalue weighted by molar-refractivity contribution is 5.79. The Morgan fingerprint density at radius 3 is 2.79 bits per heavy atom. The zero-order valence-corrected chi connectivity index (χ0v) is 8.75. The number of unbranched alkanes of at least 4 members (excludes halogenated alkanes) is 1. The van der Waals surface area contributed by atoms with Crippen LogP contribution in [0.15, 0.2) is 18.2 Å². The summed E-state index contributed by atoms with van der Waals surface area (Å²) >= 11 is 0. The van der Waals surface area contributed by atoms with Crippen molar-refractivity contribution in [3.8, 4) is 5.75 Å². The molecule has 14 heavy (non-hydrogen) atoms. The summed E-state index contributed by atoms with van der Waals surface area (Å²) in [6, 6.07) is 5.78. The fourth-order valence-electron chi connectivity index (χ4n) is 1.41. The molecule has 0 radical (unpaired) electrons. The summed E-state index contributed by atoms with van der Waals surface area (Å²) in [5, 5.41) is 0. The van der Waals surface area contributed by atoms with Crippen LogP contribution in [0.3, 0.4) is 0 Å². The van der Waals surface area contributed by atoms with Gasteiger partial charge in [-0.25, -0.2) is 0 Å². The van der Waals surface area contributed by atoms with Gasteiger partial charge in [-0.15, -0.1) is 0 Å². The number of methoxy groups -OCH3 is 1. The summed E-state index contributed by atoms with van der Waals surface area (Å²) in [5.74, 6) is 0.653. The number of aryl methyl sites for hydroxylation is 1. The largest absolute Gasteiger partial charge is 0.496 e. The minimum Gasteiger partial charge on any atom is -0.496 e. The second kappa shape index (κ2) is 5.43. The van der Waals surface area contributed by atoms with E-state index in [2.05, 4.69) is 6.92 Å². The van der Waals surface area contributed by atoms with Crippen molar-refractivity contribution in [3.63, 3.8) is 0 Å². The van der Waals surface area contributed by atoms with E-state index in [1.165, 1.54) is 12.0 Å². The van der Waals surface area contributed by atoms with E-state index in [0.29, 0.717) is 11.3 Å². The van der Waals surface area contributed by atoms with E-state index in [9.17, 15) is 4.79 Å². The van der Waals surface area contributed by atoms with Gasteiger partial charge in [0, 0.05) is 0 Å². The Morgan fingerprint density at radius 1 is 1.43 bits per heavy atom. The number of carbonyl (C=O) groups is 1. The van der Waals surface area contributed by atoms with Gasteiger partial charge in [0.05, 0.1) is 12.7 Å². The molecule has 2 nitrogen and oxygen atoms in total. The molecule has 0 aliphatic rings. The van der Waals surface area contributed by atoms with Crippen molar-refractivity contribution in [1.29, 1.82) is 0 Å². The SMILES string of the molecule is CCCCc1ccc(OC)c(C=O)c1. The normalized spacial score (nSPS) is 9.86. The van der Waals surface area contributed by atoms with Crippen molar-refractivity contribution in [3.05, 3.63) is 29.3 Å². The van der Waals surface area contributed by atoms with Gasteiger partial charge < -0.3 is 4.74 Å². The van der Waals surface area contributed by atoms with Gasteiger partial charge in [0.2, 0.25) is 0 Å². The lowest BCUT2D eigenvalue weighted by Gasteiger charge is -2.05. The van der Waals surface area contributed by atoms with Crippen LogP contribution in [0.5, 0.6) is 5.75 Å². The predicted molar refractivity (Wildman–Crippen MR) is 57.0 cm³/mol. The second-order valence-corrected chi connectivity index (χ2v) is 3.30. The summed E-state index contributed by atoms with van der Waals surface area (Å²) in [6.07, 6.45) is 4.20. The molecule has 0 aliphatic carbocycles. The molecule has 1 aromatic carbocycles. The van der Waals surface area contributed by atoms with Gasteiger partial charge in [-0.2, -0.15) is 0 Å². The Morgan fingerprint density at radius 2 is 2.21 bits per heavy atom. The van der Waals surface area contributed by atoms with Gasteiger partial charge in [-0.3, -0.25) is 4.79 Å². The third kappa shape index (κ3) is 2.59. The second-order valence-electron chi connectivity index (χ2n) is 3.30. The predicted octanol–water partition coefficient (Wildman–Crippen LogP) is 2.85.